The van der Waals surface area contributed by atoms with E-state index in [0.717, 1.165) is 0 Å². The van der Waals surface area contributed by atoms with Gasteiger partial charge in [-0.2, -0.15) is 0 Å². The third-order valence-corrected chi connectivity index (χ3v) is 8.38. The molecule has 2 aromatic carbocycles. The van der Waals surface area contributed by atoms with Crippen LogP contribution >= 0.6 is 0 Å². The number of anilines is 1. The summed E-state index contributed by atoms with van der Waals surface area (Å²) in [7, 11) is -5.57. The predicted molar refractivity (Wildman–Crippen MR) is 126 cm³/mol. The average Bonchev–Trinajstić information content (AvgIpc) is 2.77. The van der Waals surface area contributed by atoms with Crippen molar-refractivity contribution < 1.29 is 26.4 Å². The molecule has 180 valence electrons. The smallest absolute Gasteiger partial charge is 0.261 e. The van der Waals surface area contributed by atoms with Crippen molar-refractivity contribution in [2.75, 3.05) is 37.7 Å². The van der Waals surface area contributed by atoms with Gasteiger partial charge in [0.15, 0.2) is 0 Å². The van der Waals surface area contributed by atoms with Gasteiger partial charge in [-0.25, -0.2) is 21.1 Å². The maximum atomic E-state index is 12.8. The van der Waals surface area contributed by atoms with Crippen LogP contribution in [0.25, 0.3) is 0 Å². The van der Waals surface area contributed by atoms with Gasteiger partial charge in [0.25, 0.3) is 15.9 Å². The number of carbonyl (C=O) groups excluding carboxylic acids is 1. The van der Waals surface area contributed by atoms with E-state index in [-0.39, 0.29) is 22.3 Å². The normalized spacial score (nSPS) is 15.7. The fourth-order valence-corrected chi connectivity index (χ4v) is 5.62. The number of rotatable bonds is 8. The van der Waals surface area contributed by atoms with Crippen molar-refractivity contribution in [1.82, 2.24) is 9.62 Å². The van der Waals surface area contributed by atoms with Gasteiger partial charge in [-0.1, -0.05) is 6.07 Å². The van der Waals surface area contributed by atoms with Crippen LogP contribution in [0.15, 0.2) is 47.4 Å². The summed E-state index contributed by atoms with van der Waals surface area (Å²) in [4.78, 5) is 12.8. The lowest BCUT2D eigenvalue weighted by Crippen LogP contribution is -2.41. The number of piperidine rings is 1. The molecule has 0 saturated carbocycles. The van der Waals surface area contributed by atoms with Crippen molar-refractivity contribution in [3.05, 3.63) is 53.6 Å². The van der Waals surface area contributed by atoms with Crippen molar-refractivity contribution in [2.24, 2.45) is 5.92 Å². The van der Waals surface area contributed by atoms with Gasteiger partial charge in [-0.3, -0.25) is 9.52 Å². The summed E-state index contributed by atoms with van der Waals surface area (Å²) in [5, 5.41) is 2.87. The standard InChI is InChI=1S/C22H29N3O6S2/c1-16-4-9-20(33(29,30)24-18-5-7-19(31-2)8-6-18)14-21(16)22(26)23-15-17-10-12-25(13-11-17)32(3,27)28/h4-9,14,17,24H,10-13,15H2,1-3H3,(H,23,26). The number of hydrogen-bond donors (Lipinski definition) is 2. The van der Waals surface area contributed by atoms with E-state index in [9.17, 15) is 21.6 Å². The highest BCUT2D eigenvalue weighted by Crippen LogP contribution is 2.22. The lowest BCUT2D eigenvalue weighted by Gasteiger charge is -2.30. The summed E-state index contributed by atoms with van der Waals surface area (Å²) in [5.74, 6) is 0.407. The Bertz CT molecular complexity index is 1200. The molecular formula is C22H29N3O6S2. The van der Waals surface area contributed by atoms with Gasteiger partial charge in [0, 0.05) is 30.9 Å². The maximum Gasteiger partial charge on any atom is 0.261 e. The molecule has 33 heavy (non-hydrogen) atoms. The molecule has 1 amide bonds. The molecule has 0 radical (unpaired) electrons. The van der Waals surface area contributed by atoms with Crippen LogP contribution in [0.3, 0.4) is 0 Å². The molecular weight excluding hydrogens is 466 g/mol. The zero-order chi connectivity index (χ0) is 24.2. The van der Waals surface area contributed by atoms with Gasteiger partial charge in [0.05, 0.1) is 18.3 Å². The van der Waals surface area contributed by atoms with Crippen LogP contribution in [0.1, 0.15) is 28.8 Å². The van der Waals surface area contributed by atoms with E-state index in [1.54, 1.807) is 37.3 Å². The fourth-order valence-electron chi connectivity index (χ4n) is 3.66. The third-order valence-electron chi connectivity index (χ3n) is 5.70. The number of hydrogen-bond acceptors (Lipinski definition) is 6. The number of methoxy groups -OCH3 is 1. The highest BCUT2D eigenvalue weighted by molar-refractivity contribution is 7.92. The molecule has 11 heteroatoms. The van der Waals surface area contributed by atoms with Crippen LogP contribution in [0.2, 0.25) is 0 Å². The number of aryl methyl sites for hydroxylation is 1. The van der Waals surface area contributed by atoms with Gasteiger partial charge in [0.2, 0.25) is 10.0 Å². The monoisotopic (exact) mass is 495 g/mol. The number of sulfonamides is 2. The largest absolute Gasteiger partial charge is 0.497 e. The molecule has 1 fully saturated rings. The topological polar surface area (TPSA) is 122 Å². The minimum Gasteiger partial charge on any atom is -0.497 e. The van der Waals surface area contributed by atoms with Crippen molar-refractivity contribution in [1.29, 1.82) is 0 Å². The molecule has 1 heterocycles. The predicted octanol–water partition coefficient (Wildman–Crippen LogP) is 2.21. The first-order valence-corrected chi connectivity index (χ1v) is 13.8. The van der Waals surface area contributed by atoms with E-state index in [4.69, 9.17) is 4.74 Å². The molecule has 3 rings (SSSR count). The van der Waals surface area contributed by atoms with Gasteiger partial charge in [-0.15, -0.1) is 0 Å². The molecule has 0 spiro atoms. The van der Waals surface area contributed by atoms with Crippen molar-refractivity contribution >= 4 is 31.6 Å². The van der Waals surface area contributed by atoms with Crippen molar-refractivity contribution in [3.63, 3.8) is 0 Å². The van der Waals surface area contributed by atoms with Crippen molar-refractivity contribution in [3.8, 4) is 5.75 Å². The highest BCUT2D eigenvalue weighted by Gasteiger charge is 2.25. The lowest BCUT2D eigenvalue weighted by atomic mass is 9.98. The summed E-state index contributed by atoms with van der Waals surface area (Å²) in [5.41, 5.74) is 1.31. The van der Waals surface area contributed by atoms with Crippen LogP contribution < -0.4 is 14.8 Å². The summed E-state index contributed by atoms with van der Waals surface area (Å²) in [6.07, 6.45) is 2.52. The van der Waals surface area contributed by atoms with Crippen molar-refractivity contribution in [2.45, 2.75) is 24.7 Å². The molecule has 0 unspecified atom stereocenters. The number of carbonyl (C=O) groups is 1. The Morgan fingerprint density at radius 2 is 1.70 bits per heavy atom. The molecule has 0 bridgehead atoms. The van der Waals surface area contributed by atoms with Crippen LogP contribution in [0.5, 0.6) is 5.75 Å². The molecule has 0 atom stereocenters. The van der Waals surface area contributed by atoms with Crippen LogP contribution in [-0.4, -0.2) is 60.0 Å². The third kappa shape index (κ3) is 6.46. The Kier molecular flexibility index (Phi) is 7.65. The fraction of sp³-hybridized carbons (Fsp3) is 0.409. The first kappa shape index (κ1) is 25.0. The molecule has 1 saturated heterocycles. The second-order valence-corrected chi connectivity index (χ2v) is 11.8. The van der Waals surface area contributed by atoms with Crippen LogP contribution in [0.4, 0.5) is 5.69 Å². The van der Waals surface area contributed by atoms with Gasteiger partial charge >= 0.3 is 0 Å². The zero-order valence-corrected chi connectivity index (χ0v) is 20.5. The minimum absolute atomic E-state index is 0.0180. The van der Waals surface area contributed by atoms with E-state index in [0.29, 0.717) is 49.5 Å². The van der Waals surface area contributed by atoms with E-state index in [2.05, 4.69) is 10.0 Å². The van der Waals surface area contributed by atoms with Gasteiger partial charge in [-0.05, 0) is 67.6 Å². The first-order valence-electron chi connectivity index (χ1n) is 10.5. The van der Waals surface area contributed by atoms with Crippen LogP contribution in [0, 0.1) is 12.8 Å². The Morgan fingerprint density at radius 3 is 2.27 bits per heavy atom. The summed E-state index contributed by atoms with van der Waals surface area (Å²) in [6, 6.07) is 10.9. The zero-order valence-electron chi connectivity index (χ0n) is 18.9. The maximum absolute atomic E-state index is 12.8. The number of benzene rings is 2. The second-order valence-electron chi connectivity index (χ2n) is 8.13. The summed E-state index contributed by atoms with van der Waals surface area (Å²) in [6.45, 7) is 3.01. The minimum atomic E-state index is -3.89. The highest BCUT2D eigenvalue weighted by atomic mass is 32.2. The SMILES string of the molecule is COc1ccc(NS(=O)(=O)c2ccc(C)c(C(=O)NCC3CCN(S(C)(=O)=O)CC3)c2)cc1. The molecule has 2 N–H and O–H groups in total. The number of amides is 1. The number of nitrogens with zero attached hydrogens (tertiary/aromatic N) is 1. The van der Waals surface area contributed by atoms with E-state index >= 15 is 0 Å². The van der Waals surface area contributed by atoms with E-state index in [1.165, 1.54) is 29.8 Å². The molecule has 0 aliphatic carbocycles. The molecule has 9 nitrogen and oxygen atoms in total. The Hall–Kier alpha value is -2.63. The molecule has 1 aliphatic heterocycles. The molecule has 0 aromatic heterocycles. The van der Waals surface area contributed by atoms with E-state index in [1.807, 2.05) is 0 Å². The van der Waals surface area contributed by atoms with Crippen LogP contribution in [-0.2, 0) is 20.0 Å². The lowest BCUT2D eigenvalue weighted by molar-refractivity contribution is 0.0940. The molecule has 2 aromatic rings. The number of ether oxygens (including phenoxy) is 1. The van der Waals surface area contributed by atoms with E-state index < -0.39 is 20.0 Å². The number of nitrogens with one attached hydrogen (secondary N) is 2. The summed E-state index contributed by atoms with van der Waals surface area (Å²) < 4.78 is 58.0. The Balaban J connectivity index is 1.66. The molecule has 1 aliphatic rings. The average molecular weight is 496 g/mol. The van der Waals surface area contributed by atoms with Gasteiger partial charge < -0.3 is 10.1 Å². The Morgan fingerprint density at radius 1 is 1.06 bits per heavy atom. The summed E-state index contributed by atoms with van der Waals surface area (Å²) >= 11 is 0. The quantitative estimate of drug-likeness (QED) is 0.579. The first-order chi connectivity index (χ1) is 15.5. The Labute approximate surface area is 195 Å². The van der Waals surface area contributed by atoms with Gasteiger partial charge in [0.1, 0.15) is 5.75 Å². The second kappa shape index (κ2) is 10.1.